The summed E-state index contributed by atoms with van der Waals surface area (Å²) in [6.45, 7) is 6.05. The Kier molecular flexibility index (Phi) is 5.66. The monoisotopic (exact) mass is 457 g/mol. The number of thioether (sulfide) groups is 1. The molecule has 0 bridgehead atoms. The number of carbonyl (C=O) groups excluding carboxylic acids is 2. The summed E-state index contributed by atoms with van der Waals surface area (Å²) in [5.74, 6) is -0.537. The fourth-order valence-corrected chi connectivity index (χ4v) is 5.90. The van der Waals surface area contributed by atoms with Gasteiger partial charge in [0, 0.05) is 22.2 Å². The van der Waals surface area contributed by atoms with Gasteiger partial charge in [0.05, 0.1) is 32.3 Å². The van der Waals surface area contributed by atoms with Crippen molar-refractivity contribution in [3.05, 3.63) is 68.7 Å². The molecule has 4 rings (SSSR count). The van der Waals surface area contributed by atoms with Crippen LogP contribution in [-0.4, -0.2) is 29.0 Å². The first-order valence-electron chi connectivity index (χ1n) is 9.46. The van der Waals surface area contributed by atoms with Gasteiger partial charge in [-0.05, 0) is 62.4 Å². The van der Waals surface area contributed by atoms with E-state index in [4.69, 9.17) is 16.3 Å². The number of rotatable bonds is 5. The molecule has 0 fully saturated rings. The van der Waals surface area contributed by atoms with E-state index < -0.39 is 5.97 Å². The SMILES string of the molecule is CCOC(=O)c1c2c(C(=O)c3ccc(Cl)cc3)sc(SC)c2n2cc(C)cc(C)c12. The number of benzene rings is 1. The molecule has 7 heteroatoms. The third kappa shape index (κ3) is 3.33. The van der Waals surface area contributed by atoms with Gasteiger partial charge in [0.15, 0.2) is 0 Å². The summed E-state index contributed by atoms with van der Waals surface area (Å²) in [7, 11) is 0. The maximum atomic E-state index is 13.5. The van der Waals surface area contributed by atoms with Crippen LogP contribution in [0.15, 0.2) is 40.7 Å². The predicted octanol–water partition coefficient (Wildman–Crippen LogP) is 6.55. The lowest BCUT2D eigenvalue weighted by molar-refractivity contribution is 0.0531. The lowest BCUT2D eigenvalue weighted by atomic mass is 10.0. The Labute approximate surface area is 187 Å². The van der Waals surface area contributed by atoms with Crippen molar-refractivity contribution in [2.75, 3.05) is 12.9 Å². The van der Waals surface area contributed by atoms with Crippen LogP contribution in [0, 0.1) is 13.8 Å². The second kappa shape index (κ2) is 8.10. The number of thiophene rings is 1. The van der Waals surface area contributed by atoms with Gasteiger partial charge >= 0.3 is 5.97 Å². The number of ketones is 1. The second-order valence-electron chi connectivity index (χ2n) is 7.00. The van der Waals surface area contributed by atoms with Crippen molar-refractivity contribution < 1.29 is 14.3 Å². The summed E-state index contributed by atoms with van der Waals surface area (Å²) >= 11 is 8.98. The molecule has 30 heavy (non-hydrogen) atoms. The highest BCUT2D eigenvalue weighted by Crippen LogP contribution is 2.44. The van der Waals surface area contributed by atoms with E-state index in [9.17, 15) is 9.59 Å². The zero-order valence-corrected chi connectivity index (χ0v) is 19.4. The third-order valence-electron chi connectivity index (χ3n) is 4.95. The van der Waals surface area contributed by atoms with E-state index in [1.54, 1.807) is 43.0 Å². The standard InChI is InChI=1S/C23H20ClNO3S2/c1-5-28-22(27)17-16-19(25-11-12(2)10-13(3)18(17)25)23(29-4)30-21(16)20(26)14-6-8-15(24)9-7-14/h6-11H,5H2,1-4H3. The quantitative estimate of drug-likeness (QED) is 0.193. The Hall–Kier alpha value is -2.28. The maximum absolute atomic E-state index is 13.5. The van der Waals surface area contributed by atoms with Crippen molar-refractivity contribution in [1.82, 2.24) is 4.40 Å². The molecule has 1 aromatic carbocycles. The van der Waals surface area contributed by atoms with Gasteiger partial charge in [0.2, 0.25) is 5.78 Å². The first-order valence-corrected chi connectivity index (χ1v) is 11.9. The van der Waals surface area contributed by atoms with E-state index in [1.807, 2.05) is 36.8 Å². The number of hydrogen-bond acceptors (Lipinski definition) is 5. The number of aromatic nitrogens is 1. The van der Waals surface area contributed by atoms with Crippen LogP contribution < -0.4 is 0 Å². The fraction of sp³-hybridized carbons (Fsp3) is 0.217. The third-order valence-corrected chi connectivity index (χ3v) is 7.49. The molecular formula is C23H20ClNO3S2. The molecule has 0 radical (unpaired) electrons. The van der Waals surface area contributed by atoms with Gasteiger partial charge in [-0.15, -0.1) is 23.1 Å². The van der Waals surface area contributed by atoms with Gasteiger partial charge in [-0.25, -0.2) is 4.79 Å². The Morgan fingerprint density at radius 2 is 1.87 bits per heavy atom. The zero-order valence-electron chi connectivity index (χ0n) is 17.0. The summed E-state index contributed by atoms with van der Waals surface area (Å²) in [6.07, 6.45) is 3.99. The number of esters is 1. The van der Waals surface area contributed by atoms with Crippen molar-refractivity contribution >= 4 is 62.9 Å². The minimum absolute atomic E-state index is 0.127. The molecule has 0 atom stereocenters. The number of ether oxygens (including phenoxy) is 1. The molecule has 0 saturated carbocycles. The Morgan fingerprint density at radius 3 is 2.50 bits per heavy atom. The average molecular weight is 458 g/mol. The molecule has 0 N–H and O–H groups in total. The molecule has 0 aliphatic heterocycles. The largest absolute Gasteiger partial charge is 0.462 e. The highest BCUT2D eigenvalue weighted by Gasteiger charge is 2.30. The molecule has 4 nitrogen and oxygen atoms in total. The van der Waals surface area contributed by atoms with Gasteiger partial charge in [0.1, 0.15) is 0 Å². The van der Waals surface area contributed by atoms with Crippen LogP contribution in [0.1, 0.15) is 43.6 Å². The summed E-state index contributed by atoms with van der Waals surface area (Å²) in [4.78, 5) is 27.1. The number of aryl methyl sites for hydroxylation is 2. The Bertz CT molecular complexity index is 1300. The summed E-state index contributed by atoms with van der Waals surface area (Å²) in [6, 6.07) is 8.87. The van der Waals surface area contributed by atoms with Gasteiger partial charge in [-0.2, -0.15) is 0 Å². The molecule has 0 unspecified atom stereocenters. The molecule has 0 spiro atoms. The normalized spacial score (nSPS) is 11.4. The van der Waals surface area contributed by atoms with Gasteiger partial charge < -0.3 is 9.14 Å². The Balaban J connectivity index is 2.12. The first-order chi connectivity index (χ1) is 14.4. The van der Waals surface area contributed by atoms with E-state index in [0.29, 0.717) is 26.4 Å². The summed E-state index contributed by atoms with van der Waals surface area (Å²) < 4.78 is 8.42. The molecule has 0 aliphatic rings. The molecule has 3 aromatic heterocycles. The predicted molar refractivity (Wildman–Crippen MR) is 125 cm³/mol. The highest BCUT2D eigenvalue weighted by atomic mass is 35.5. The maximum Gasteiger partial charge on any atom is 0.341 e. The molecule has 0 aliphatic carbocycles. The summed E-state index contributed by atoms with van der Waals surface area (Å²) in [5.41, 5.74) is 4.71. The summed E-state index contributed by atoms with van der Waals surface area (Å²) in [5, 5.41) is 1.23. The van der Waals surface area contributed by atoms with E-state index in [-0.39, 0.29) is 12.4 Å². The number of carbonyl (C=O) groups is 2. The van der Waals surface area contributed by atoms with E-state index >= 15 is 0 Å². The van der Waals surface area contributed by atoms with Crippen LogP contribution in [0.25, 0.3) is 16.4 Å². The molecule has 4 aromatic rings. The highest BCUT2D eigenvalue weighted by molar-refractivity contribution is 8.00. The van der Waals surface area contributed by atoms with Crippen LogP contribution in [0.5, 0.6) is 0 Å². The van der Waals surface area contributed by atoms with Gasteiger partial charge in [0.25, 0.3) is 0 Å². The lowest BCUT2D eigenvalue weighted by Gasteiger charge is -2.07. The van der Waals surface area contributed by atoms with Crippen molar-refractivity contribution in [1.29, 1.82) is 0 Å². The van der Waals surface area contributed by atoms with Gasteiger partial charge in [-0.3, -0.25) is 4.79 Å². The number of pyridine rings is 1. The molecule has 3 heterocycles. The minimum Gasteiger partial charge on any atom is -0.462 e. The van der Waals surface area contributed by atoms with Crippen LogP contribution in [0.3, 0.4) is 0 Å². The van der Waals surface area contributed by atoms with E-state index in [1.165, 1.54) is 11.3 Å². The zero-order chi connectivity index (χ0) is 21.6. The smallest absolute Gasteiger partial charge is 0.341 e. The van der Waals surface area contributed by atoms with Crippen molar-refractivity contribution in [3.63, 3.8) is 0 Å². The fourth-order valence-electron chi connectivity index (χ4n) is 3.80. The molecule has 154 valence electrons. The number of fused-ring (bicyclic) bond motifs is 3. The molecular weight excluding hydrogens is 438 g/mol. The molecule has 0 amide bonds. The Morgan fingerprint density at radius 1 is 1.17 bits per heavy atom. The van der Waals surface area contributed by atoms with Crippen molar-refractivity contribution in [3.8, 4) is 0 Å². The van der Waals surface area contributed by atoms with Gasteiger partial charge in [-0.1, -0.05) is 17.7 Å². The van der Waals surface area contributed by atoms with E-state index in [0.717, 1.165) is 26.4 Å². The second-order valence-corrected chi connectivity index (χ2v) is 9.53. The van der Waals surface area contributed by atoms with Crippen LogP contribution in [0.2, 0.25) is 5.02 Å². The minimum atomic E-state index is -0.410. The number of hydrogen-bond donors (Lipinski definition) is 0. The topological polar surface area (TPSA) is 47.8 Å². The molecule has 0 saturated heterocycles. The van der Waals surface area contributed by atoms with Crippen molar-refractivity contribution in [2.24, 2.45) is 0 Å². The number of nitrogens with zero attached hydrogens (tertiary/aromatic N) is 1. The number of halogens is 1. The first kappa shape index (κ1) is 21.0. The van der Waals surface area contributed by atoms with Crippen LogP contribution in [0.4, 0.5) is 0 Å². The van der Waals surface area contributed by atoms with Crippen LogP contribution >= 0.6 is 34.7 Å². The van der Waals surface area contributed by atoms with Crippen molar-refractivity contribution in [2.45, 2.75) is 25.0 Å². The van der Waals surface area contributed by atoms with E-state index in [2.05, 4.69) is 0 Å². The average Bonchev–Trinajstić information content (AvgIpc) is 3.24. The van der Waals surface area contributed by atoms with Crippen LogP contribution in [-0.2, 0) is 4.74 Å². The lowest BCUT2D eigenvalue weighted by Crippen LogP contribution is -2.07.